The Bertz CT molecular complexity index is 883. The number of aromatic nitrogens is 1. The molecule has 0 saturated heterocycles. The van der Waals surface area contributed by atoms with Gasteiger partial charge in [-0.05, 0) is 38.5 Å². The van der Waals surface area contributed by atoms with E-state index in [0.29, 0.717) is 18.0 Å². The molecule has 134 valence electrons. The minimum absolute atomic E-state index is 0.0952. The quantitative estimate of drug-likeness (QED) is 0.695. The average molecular weight is 366 g/mol. The van der Waals surface area contributed by atoms with Crippen molar-refractivity contribution in [2.75, 3.05) is 0 Å². The van der Waals surface area contributed by atoms with Crippen LogP contribution in [-0.2, 0) is 13.2 Å². The fraction of sp³-hybridized carbons (Fsp3) is 0.238. The molecule has 3 rings (SSSR count). The monoisotopic (exact) mass is 366 g/mol. The van der Waals surface area contributed by atoms with Crippen molar-refractivity contribution in [2.24, 2.45) is 0 Å². The molecule has 0 fully saturated rings. The summed E-state index contributed by atoms with van der Waals surface area (Å²) in [4.78, 5) is 17.6. The van der Waals surface area contributed by atoms with E-state index in [2.05, 4.69) is 10.3 Å². The minimum atomic E-state index is -0.0952. The number of hydrogen-bond donors (Lipinski definition) is 1. The maximum absolute atomic E-state index is 12.4. The molecule has 1 N–H and O–H groups in total. The van der Waals surface area contributed by atoms with Crippen LogP contribution in [0, 0.1) is 20.8 Å². The van der Waals surface area contributed by atoms with E-state index >= 15 is 0 Å². The Morgan fingerprint density at radius 1 is 1.00 bits per heavy atom. The van der Waals surface area contributed by atoms with Crippen molar-refractivity contribution in [3.63, 3.8) is 0 Å². The Labute approximate surface area is 157 Å². The summed E-state index contributed by atoms with van der Waals surface area (Å²) in [7, 11) is 0. The van der Waals surface area contributed by atoms with Crippen molar-refractivity contribution in [1.29, 1.82) is 0 Å². The van der Waals surface area contributed by atoms with Gasteiger partial charge in [0.1, 0.15) is 22.2 Å². The first-order chi connectivity index (χ1) is 12.5. The summed E-state index contributed by atoms with van der Waals surface area (Å²) in [5.41, 5.74) is 4.21. The van der Waals surface area contributed by atoms with Crippen molar-refractivity contribution in [2.45, 2.75) is 33.9 Å². The molecule has 1 aromatic heterocycles. The molecule has 0 saturated carbocycles. The molecule has 1 amide bonds. The van der Waals surface area contributed by atoms with Crippen LogP contribution in [-0.4, -0.2) is 10.9 Å². The van der Waals surface area contributed by atoms with Gasteiger partial charge in [-0.2, -0.15) is 0 Å². The third-order valence-electron chi connectivity index (χ3n) is 4.00. The van der Waals surface area contributed by atoms with Crippen LogP contribution >= 0.6 is 11.3 Å². The third-order valence-corrected chi connectivity index (χ3v) is 5.13. The number of nitrogens with one attached hydrogen (secondary N) is 1. The zero-order chi connectivity index (χ0) is 18.5. The highest BCUT2D eigenvalue weighted by atomic mass is 32.1. The number of hydrogen-bond acceptors (Lipinski definition) is 4. The summed E-state index contributed by atoms with van der Waals surface area (Å²) in [5.74, 6) is 0.705. The number of ether oxygens (including phenoxy) is 1. The lowest BCUT2D eigenvalue weighted by Gasteiger charge is -2.05. The predicted octanol–water partition coefficient (Wildman–Crippen LogP) is 4.58. The zero-order valence-electron chi connectivity index (χ0n) is 15.2. The van der Waals surface area contributed by atoms with E-state index < -0.39 is 0 Å². The Morgan fingerprint density at radius 2 is 1.62 bits per heavy atom. The molecular weight excluding hydrogens is 344 g/mol. The molecule has 2 aromatic carbocycles. The molecule has 0 aliphatic heterocycles. The topological polar surface area (TPSA) is 51.2 Å². The fourth-order valence-electron chi connectivity index (χ4n) is 2.47. The lowest BCUT2D eigenvalue weighted by molar-refractivity contribution is 0.0954. The van der Waals surface area contributed by atoms with Crippen LogP contribution < -0.4 is 10.1 Å². The summed E-state index contributed by atoms with van der Waals surface area (Å²) in [6.07, 6.45) is 0. The van der Waals surface area contributed by atoms with Crippen LogP contribution in [0.4, 0.5) is 0 Å². The lowest BCUT2D eigenvalue weighted by atomic mass is 10.1. The van der Waals surface area contributed by atoms with Crippen LogP contribution in [0.3, 0.4) is 0 Å². The van der Waals surface area contributed by atoms with Gasteiger partial charge in [0.2, 0.25) is 0 Å². The molecule has 5 heteroatoms. The van der Waals surface area contributed by atoms with Crippen molar-refractivity contribution in [3.05, 3.63) is 80.8 Å². The molecule has 0 aliphatic rings. The first-order valence-electron chi connectivity index (χ1n) is 8.51. The van der Waals surface area contributed by atoms with E-state index in [1.165, 1.54) is 22.5 Å². The Balaban J connectivity index is 1.58. The number of carbonyl (C=O) groups excluding carboxylic acids is 1. The van der Waals surface area contributed by atoms with Gasteiger partial charge in [0, 0.05) is 6.54 Å². The van der Waals surface area contributed by atoms with Crippen LogP contribution in [0.5, 0.6) is 5.75 Å². The predicted molar refractivity (Wildman–Crippen MR) is 105 cm³/mol. The first kappa shape index (κ1) is 18.1. The molecule has 0 aliphatic carbocycles. The molecule has 26 heavy (non-hydrogen) atoms. The van der Waals surface area contributed by atoms with Crippen molar-refractivity contribution in [3.8, 4) is 5.75 Å². The van der Waals surface area contributed by atoms with Crippen molar-refractivity contribution in [1.82, 2.24) is 10.3 Å². The average Bonchev–Trinajstić information content (AvgIpc) is 3.01. The highest BCUT2D eigenvalue weighted by Crippen LogP contribution is 2.20. The Morgan fingerprint density at radius 3 is 2.27 bits per heavy atom. The number of nitrogens with zero attached hydrogens (tertiary/aromatic N) is 1. The molecule has 0 radical (unpaired) electrons. The summed E-state index contributed by atoms with van der Waals surface area (Å²) in [5, 5.41) is 3.75. The maximum Gasteiger partial charge on any atom is 0.263 e. The molecule has 3 aromatic rings. The van der Waals surface area contributed by atoms with Gasteiger partial charge in [0.05, 0.1) is 5.69 Å². The second kappa shape index (κ2) is 8.15. The molecular formula is C21H22N2O2S. The normalized spacial score (nSPS) is 10.6. The largest absolute Gasteiger partial charge is 0.486 e. The second-order valence-corrected chi connectivity index (χ2v) is 7.38. The zero-order valence-corrected chi connectivity index (χ0v) is 16.0. The van der Waals surface area contributed by atoms with Gasteiger partial charge in [-0.1, -0.05) is 47.5 Å². The number of rotatable bonds is 6. The van der Waals surface area contributed by atoms with Gasteiger partial charge < -0.3 is 10.1 Å². The summed E-state index contributed by atoms with van der Waals surface area (Å²) in [6, 6.07) is 16.0. The Hall–Kier alpha value is -2.66. The van der Waals surface area contributed by atoms with Crippen LogP contribution in [0.2, 0.25) is 0 Å². The molecule has 0 unspecified atom stereocenters. The molecule has 0 atom stereocenters. The number of benzene rings is 2. The van der Waals surface area contributed by atoms with Gasteiger partial charge in [-0.3, -0.25) is 4.79 Å². The molecule has 0 bridgehead atoms. The number of carbonyl (C=O) groups is 1. The smallest absolute Gasteiger partial charge is 0.263 e. The van der Waals surface area contributed by atoms with E-state index in [1.54, 1.807) is 0 Å². The maximum atomic E-state index is 12.4. The van der Waals surface area contributed by atoms with Crippen LogP contribution in [0.1, 0.15) is 37.1 Å². The highest BCUT2D eigenvalue weighted by Gasteiger charge is 2.15. The summed E-state index contributed by atoms with van der Waals surface area (Å²) in [6.45, 7) is 6.80. The summed E-state index contributed by atoms with van der Waals surface area (Å²) < 4.78 is 5.75. The lowest BCUT2D eigenvalue weighted by Crippen LogP contribution is -2.22. The standard InChI is InChI=1S/C21H22N2O2S/c1-14-4-8-17(9-5-14)12-22-21(24)20-16(3)23-19(26-20)13-25-18-10-6-15(2)7-11-18/h4-11H,12-13H2,1-3H3,(H,22,24). The number of amides is 1. The first-order valence-corrected chi connectivity index (χ1v) is 9.32. The minimum Gasteiger partial charge on any atom is -0.486 e. The van der Waals surface area contributed by atoms with Gasteiger partial charge in [0.15, 0.2) is 0 Å². The molecule has 1 heterocycles. The summed E-state index contributed by atoms with van der Waals surface area (Å²) >= 11 is 1.38. The second-order valence-electron chi connectivity index (χ2n) is 6.29. The third kappa shape index (κ3) is 4.70. The van der Waals surface area contributed by atoms with Crippen molar-refractivity contribution >= 4 is 17.2 Å². The molecule has 0 spiro atoms. The molecule has 4 nitrogen and oxygen atoms in total. The fourth-order valence-corrected chi connectivity index (χ4v) is 3.37. The van der Waals surface area contributed by atoms with Crippen LogP contribution in [0.15, 0.2) is 48.5 Å². The SMILES string of the molecule is Cc1ccc(CNC(=O)c2sc(COc3ccc(C)cc3)nc2C)cc1. The van der Waals surface area contributed by atoms with E-state index in [9.17, 15) is 4.79 Å². The van der Waals surface area contributed by atoms with Crippen LogP contribution in [0.25, 0.3) is 0 Å². The number of thiazole rings is 1. The van der Waals surface area contributed by atoms with E-state index in [1.807, 2.05) is 69.3 Å². The number of aryl methyl sites for hydroxylation is 3. The van der Waals surface area contributed by atoms with Gasteiger partial charge in [-0.25, -0.2) is 4.98 Å². The van der Waals surface area contributed by atoms with E-state index in [0.717, 1.165) is 22.0 Å². The highest BCUT2D eigenvalue weighted by molar-refractivity contribution is 7.13. The van der Waals surface area contributed by atoms with E-state index in [-0.39, 0.29) is 5.91 Å². The van der Waals surface area contributed by atoms with Crippen molar-refractivity contribution < 1.29 is 9.53 Å². The van der Waals surface area contributed by atoms with Gasteiger partial charge in [-0.15, -0.1) is 11.3 Å². The van der Waals surface area contributed by atoms with E-state index in [4.69, 9.17) is 4.74 Å². The van der Waals surface area contributed by atoms with Gasteiger partial charge >= 0.3 is 0 Å². The van der Waals surface area contributed by atoms with Gasteiger partial charge in [0.25, 0.3) is 5.91 Å². The Kier molecular flexibility index (Phi) is 5.68.